The second-order valence-corrected chi connectivity index (χ2v) is 6.07. The molecule has 2 aliphatic rings. The van der Waals surface area contributed by atoms with Gasteiger partial charge in [0.05, 0.1) is 25.9 Å². The molecule has 2 heterocycles. The molecular weight excluding hydrogens is 312 g/mol. The van der Waals surface area contributed by atoms with E-state index in [0.717, 1.165) is 11.1 Å². The number of hydrogen-bond donors (Lipinski definition) is 2. The topological polar surface area (TPSA) is 88.8 Å². The van der Waals surface area contributed by atoms with Gasteiger partial charge in [-0.25, -0.2) is 8.78 Å². The van der Waals surface area contributed by atoms with Gasteiger partial charge in [-0.15, -0.1) is 0 Å². The number of alkyl halides is 2. The van der Waals surface area contributed by atoms with Gasteiger partial charge >= 0.3 is 5.97 Å². The van der Waals surface area contributed by atoms with Crippen LogP contribution in [0.5, 0.6) is 0 Å². The molecule has 3 rings (SSSR count). The third-order valence-electron chi connectivity index (χ3n) is 4.34. The summed E-state index contributed by atoms with van der Waals surface area (Å²) in [4.78, 5) is 23.3. The van der Waals surface area contributed by atoms with E-state index in [2.05, 4.69) is 5.32 Å². The summed E-state index contributed by atoms with van der Waals surface area (Å²) in [5.74, 6) is -4.90. The van der Waals surface area contributed by atoms with E-state index in [1.54, 1.807) is 0 Å². The van der Waals surface area contributed by atoms with Crippen LogP contribution in [0.3, 0.4) is 0 Å². The standard InChI is InChI=1S/C15H17F2NO5/c16-15(17)4-8(5-15)11(3-12(19)20)18-14(21)13-10-1-2-22-6-9(10)7-23-13/h7-8,11H,1-6H2,(H,18,21)(H,19,20). The zero-order valence-corrected chi connectivity index (χ0v) is 12.3. The highest BCUT2D eigenvalue weighted by atomic mass is 19.3. The van der Waals surface area contributed by atoms with Crippen LogP contribution in [0.25, 0.3) is 0 Å². The Labute approximate surface area is 130 Å². The number of nitrogens with one attached hydrogen (secondary N) is 1. The minimum atomic E-state index is -2.77. The third kappa shape index (κ3) is 3.36. The number of carbonyl (C=O) groups excluding carboxylic acids is 1. The maximum Gasteiger partial charge on any atom is 0.305 e. The van der Waals surface area contributed by atoms with Crippen LogP contribution in [0.1, 0.15) is 40.9 Å². The van der Waals surface area contributed by atoms with Crippen molar-refractivity contribution in [3.63, 3.8) is 0 Å². The van der Waals surface area contributed by atoms with Gasteiger partial charge in [-0.1, -0.05) is 0 Å². The summed E-state index contributed by atoms with van der Waals surface area (Å²) in [7, 11) is 0. The van der Waals surface area contributed by atoms with Crippen LogP contribution < -0.4 is 5.32 Å². The van der Waals surface area contributed by atoms with E-state index < -0.39 is 49.0 Å². The Morgan fingerprint density at radius 3 is 2.83 bits per heavy atom. The van der Waals surface area contributed by atoms with E-state index >= 15 is 0 Å². The van der Waals surface area contributed by atoms with Crippen molar-refractivity contribution in [3.8, 4) is 0 Å². The zero-order chi connectivity index (χ0) is 16.6. The number of rotatable bonds is 5. The van der Waals surface area contributed by atoms with Gasteiger partial charge in [0, 0.05) is 36.4 Å². The number of aliphatic carboxylic acids is 1. The highest BCUT2D eigenvalue weighted by Crippen LogP contribution is 2.44. The summed E-state index contributed by atoms with van der Waals surface area (Å²) in [6, 6.07) is -0.833. The monoisotopic (exact) mass is 329 g/mol. The Hall–Kier alpha value is -1.96. The Bertz CT molecular complexity index is 619. The average Bonchev–Trinajstić information content (AvgIpc) is 2.87. The molecular formula is C15H17F2NO5. The van der Waals surface area contributed by atoms with E-state index in [1.165, 1.54) is 6.26 Å². The second kappa shape index (κ2) is 5.92. The van der Waals surface area contributed by atoms with Gasteiger partial charge in [0.25, 0.3) is 5.91 Å². The van der Waals surface area contributed by atoms with Gasteiger partial charge in [0.2, 0.25) is 5.92 Å². The molecule has 23 heavy (non-hydrogen) atoms. The van der Waals surface area contributed by atoms with E-state index in [-0.39, 0.29) is 5.76 Å². The van der Waals surface area contributed by atoms with Crippen LogP contribution in [0, 0.1) is 5.92 Å². The van der Waals surface area contributed by atoms with Crippen molar-refractivity contribution >= 4 is 11.9 Å². The molecule has 1 unspecified atom stereocenters. The molecule has 1 atom stereocenters. The molecule has 0 spiro atoms. The lowest BCUT2D eigenvalue weighted by Crippen LogP contribution is -2.50. The Morgan fingerprint density at radius 2 is 2.17 bits per heavy atom. The SMILES string of the molecule is O=C(O)CC(NC(=O)c1occ2c1CCOC2)C1CC(F)(F)C1. The first-order valence-corrected chi connectivity index (χ1v) is 7.43. The van der Waals surface area contributed by atoms with Crippen LogP contribution in [-0.4, -0.2) is 35.6 Å². The lowest BCUT2D eigenvalue weighted by Gasteiger charge is -2.39. The van der Waals surface area contributed by atoms with E-state index in [1.807, 2.05) is 0 Å². The van der Waals surface area contributed by atoms with Gasteiger partial charge in [-0.05, 0) is 5.92 Å². The van der Waals surface area contributed by atoms with E-state index in [4.69, 9.17) is 14.3 Å². The van der Waals surface area contributed by atoms with Crippen molar-refractivity contribution in [3.05, 3.63) is 23.2 Å². The number of hydrogen-bond acceptors (Lipinski definition) is 4. The minimum Gasteiger partial charge on any atom is -0.481 e. The van der Waals surface area contributed by atoms with Crippen molar-refractivity contribution in [2.24, 2.45) is 5.92 Å². The maximum atomic E-state index is 13.0. The Balaban J connectivity index is 1.71. The molecule has 0 bridgehead atoms. The number of carbonyl (C=O) groups is 2. The predicted molar refractivity (Wildman–Crippen MR) is 73.2 cm³/mol. The molecule has 1 saturated carbocycles. The zero-order valence-electron chi connectivity index (χ0n) is 12.3. The molecule has 0 aromatic carbocycles. The summed E-state index contributed by atoms with van der Waals surface area (Å²) in [5, 5.41) is 11.5. The fourth-order valence-corrected chi connectivity index (χ4v) is 3.11. The second-order valence-electron chi connectivity index (χ2n) is 6.07. The summed E-state index contributed by atoms with van der Waals surface area (Å²) in [6.07, 6.45) is 0.760. The maximum absolute atomic E-state index is 13.0. The van der Waals surface area contributed by atoms with Crippen LogP contribution in [0.15, 0.2) is 10.7 Å². The molecule has 0 radical (unpaired) electrons. The Kier molecular flexibility index (Phi) is 4.09. The van der Waals surface area contributed by atoms with E-state index in [9.17, 15) is 18.4 Å². The van der Waals surface area contributed by atoms with Crippen molar-refractivity contribution in [2.75, 3.05) is 6.61 Å². The molecule has 1 fully saturated rings. The van der Waals surface area contributed by atoms with Crippen molar-refractivity contribution in [1.82, 2.24) is 5.32 Å². The molecule has 2 N–H and O–H groups in total. The number of amides is 1. The Morgan fingerprint density at radius 1 is 1.43 bits per heavy atom. The molecule has 126 valence electrons. The van der Waals surface area contributed by atoms with Gasteiger partial charge < -0.3 is 19.6 Å². The lowest BCUT2D eigenvalue weighted by atomic mass is 9.75. The van der Waals surface area contributed by atoms with Crippen LogP contribution in [-0.2, 0) is 22.6 Å². The normalized spacial score (nSPS) is 21.1. The smallest absolute Gasteiger partial charge is 0.305 e. The number of fused-ring (bicyclic) bond motifs is 1. The number of carboxylic acids is 1. The van der Waals surface area contributed by atoms with Gasteiger partial charge in [-0.3, -0.25) is 9.59 Å². The van der Waals surface area contributed by atoms with Crippen LogP contribution in [0.4, 0.5) is 8.78 Å². The highest BCUT2D eigenvalue weighted by Gasteiger charge is 2.49. The summed E-state index contributed by atoms with van der Waals surface area (Å²) >= 11 is 0. The fourth-order valence-electron chi connectivity index (χ4n) is 3.11. The van der Waals surface area contributed by atoms with Crippen molar-refractivity contribution in [2.45, 2.75) is 44.3 Å². The van der Waals surface area contributed by atoms with Crippen molar-refractivity contribution in [1.29, 1.82) is 0 Å². The molecule has 1 aromatic rings. The number of halogens is 2. The van der Waals surface area contributed by atoms with Crippen LogP contribution >= 0.6 is 0 Å². The van der Waals surface area contributed by atoms with E-state index in [0.29, 0.717) is 19.6 Å². The van der Waals surface area contributed by atoms with Gasteiger partial charge in [0.1, 0.15) is 0 Å². The van der Waals surface area contributed by atoms with Gasteiger partial charge in [-0.2, -0.15) is 0 Å². The predicted octanol–water partition coefficient (Wildman–Crippen LogP) is 1.97. The number of furan rings is 1. The van der Waals surface area contributed by atoms with Gasteiger partial charge in [0.15, 0.2) is 5.76 Å². The number of ether oxygens (including phenoxy) is 1. The minimum absolute atomic E-state index is 0.116. The first-order valence-electron chi connectivity index (χ1n) is 7.43. The molecule has 1 aliphatic heterocycles. The molecule has 1 aromatic heterocycles. The first kappa shape index (κ1) is 15.9. The summed E-state index contributed by atoms with van der Waals surface area (Å²) in [6.45, 7) is 0.833. The molecule has 0 saturated heterocycles. The highest BCUT2D eigenvalue weighted by molar-refractivity contribution is 5.93. The number of carboxylic acid groups (broad SMARTS) is 1. The van der Waals surface area contributed by atoms with Crippen molar-refractivity contribution < 1.29 is 32.6 Å². The quantitative estimate of drug-likeness (QED) is 0.862. The molecule has 1 aliphatic carbocycles. The molecule has 8 heteroatoms. The lowest BCUT2D eigenvalue weighted by molar-refractivity contribution is -0.142. The fraction of sp³-hybridized carbons (Fsp3) is 0.600. The first-order chi connectivity index (χ1) is 10.9. The summed E-state index contributed by atoms with van der Waals surface area (Å²) in [5.41, 5.74) is 1.52. The third-order valence-corrected chi connectivity index (χ3v) is 4.34. The molecule has 6 nitrogen and oxygen atoms in total. The largest absolute Gasteiger partial charge is 0.481 e. The molecule has 1 amide bonds. The average molecular weight is 329 g/mol. The van der Waals surface area contributed by atoms with Crippen LogP contribution in [0.2, 0.25) is 0 Å². The summed E-state index contributed by atoms with van der Waals surface area (Å²) < 4.78 is 36.6.